The zero-order valence-electron chi connectivity index (χ0n) is 18.3. The molecule has 1 aromatic rings. The van der Waals surface area contributed by atoms with Gasteiger partial charge in [0.25, 0.3) is 0 Å². The van der Waals surface area contributed by atoms with Gasteiger partial charge in [0.2, 0.25) is 5.69 Å². The first-order chi connectivity index (χ1) is 14.2. The molecule has 0 aliphatic rings. The van der Waals surface area contributed by atoms with E-state index in [9.17, 15) is 9.70 Å². The van der Waals surface area contributed by atoms with Gasteiger partial charge >= 0.3 is 11.6 Å². The summed E-state index contributed by atoms with van der Waals surface area (Å²) in [6.45, 7) is 2.34. The molecule has 0 radical (unpaired) electrons. The van der Waals surface area contributed by atoms with Crippen LogP contribution in [0.3, 0.4) is 0 Å². The molecule has 0 aliphatic heterocycles. The smallest absolute Gasteiger partial charge is 0.334 e. The third kappa shape index (κ3) is 11.8. The fourth-order valence-electron chi connectivity index (χ4n) is 3.59. The Balaban J connectivity index is 1.85. The second-order valence-corrected chi connectivity index (χ2v) is 7.99. The van der Waals surface area contributed by atoms with E-state index in [4.69, 9.17) is 5.11 Å². The molecule has 0 fully saturated rings. The SMILES string of the molecule is CCCCCCCCCCCCCCCCCCNC(=O)c1c(CO)[nH]o[n+]1=O. The fourth-order valence-corrected chi connectivity index (χ4v) is 3.59. The molecular weight excluding hydrogens is 370 g/mol. The monoisotopic (exact) mass is 412 g/mol. The molecule has 1 heterocycles. The highest BCUT2D eigenvalue weighted by atomic mass is 16.7. The number of aliphatic hydroxyl groups excluding tert-OH is 1. The molecule has 0 unspecified atom stereocenters. The highest BCUT2D eigenvalue weighted by Crippen LogP contribution is 2.13. The van der Waals surface area contributed by atoms with Gasteiger partial charge in [-0.2, -0.15) is 0 Å². The van der Waals surface area contributed by atoms with Crippen LogP contribution in [0.15, 0.2) is 4.63 Å². The van der Waals surface area contributed by atoms with Gasteiger partial charge < -0.3 is 10.4 Å². The number of unbranched alkanes of at least 4 members (excludes halogenated alkanes) is 15. The average Bonchev–Trinajstić information content (AvgIpc) is 3.10. The third-order valence-electron chi connectivity index (χ3n) is 5.41. The molecule has 168 valence electrons. The Bertz CT molecular complexity index is 583. The molecule has 1 amide bonds. The Morgan fingerprint density at radius 3 is 1.76 bits per heavy atom. The second kappa shape index (κ2) is 17.2. The minimum absolute atomic E-state index is 0.0875. The van der Waals surface area contributed by atoms with Gasteiger partial charge in [-0.3, -0.25) is 4.79 Å². The topological polar surface area (TPSA) is 101 Å². The lowest BCUT2D eigenvalue weighted by molar-refractivity contribution is -0.714. The van der Waals surface area contributed by atoms with E-state index < -0.39 is 12.5 Å². The fraction of sp³-hybridized carbons (Fsp3) is 0.864. The number of hydrogen-bond acceptors (Lipinski definition) is 4. The van der Waals surface area contributed by atoms with Gasteiger partial charge in [0, 0.05) is 6.54 Å². The number of carbonyl (C=O) groups is 1. The van der Waals surface area contributed by atoms with Crippen LogP contribution in [0.4, 0.5) is 0 Å². The number of H-pyrrole nitrogens is 1. The minimum Gasteiger partial charge on any atom is -0.388 e. The van der Waals surface area contributed by atoms with Crippen LogP contribution in [0.1, 0.15) is 126 Å². The first kappa shape index (κ1) is 25.4. The van der Waals surface area contributed by atoms with Crippen molar-refractivity contribution < 1.29 is 19.1 Å². The van der Waals surface area contributed by atoms with Crippen molar-refractivity contribution in [2.75, 3.05) is 6.54 Å². The molecule has 0 saturated carbocycles. The maximum Gasteiger partial charge on any atom is 0.334 e. The van der Waals surface area contributed by atoms with Crippen LogP contribution in [0, 0.1) is 4.91 Å². The maximum atomic E-state index is 11.9. The molecule has 0 saturated heterocycles. The summed E-state index contributed by atoms with van der Waals surface area (Å²) in [5, 5.41) is 14.0. The number of aromatic nitrogens is 2. The van der Waals surface area contributed by atoms with Crippen molar-refractivity contribution in [2.45, 2.75) is 116 Å². The summed E-state index contributed by atoms with van der Waals surface area (Å²) in [6, 6.07) is 0. The number of amides is 1. The average molecular weight is 413 g/mol. The van der Waals surface area contributed by atoms with Crippen molar-refractivity contribution in [1.29, 1.82) is 0 Å². The van der Waals surface area contributed by atoms with Crippen molar-refractivity contribution >= 4 is 5.91 Å². The van der Waals surface area contributed by atoms with E-state index in [0.717, 1.165) is 12.8 Å². The number of hydrogen-bond donors (Lipinski definition) is 3. The standard InChI is InChI=1S/C22H41N3O4/c1-2-3-4-5-6-7-8-9-10-11-12-13-14-15-16-17-18-23-22(27)21-20(19-26)24-29-25(21)28/h26H,2-19H2,1H3,(H-,23,24,27,28)/p+1. The Morgan fingerprint density at radius 2 is 1.31 bits per heavy atom. The molecule has 29 heavy (non-hydrogen) atoms. The van der Waals surface area contributed by atoms with E-state index in [1.807, 2.05) is 0 Å². The summed E-state index contributed by atoms with van der Waals surface area (Å²) in [4.78, 5) is 23.3. The van der Waals surface area contributed by atoms with Crippen LogP contribution in [-0.2, 0) is 6.61 Å². The molecule has 1 rings (SSSR count). The minimum atomic E-state index is -0.519. The number of rotatable bonds is 19. The molecular formula is C22H42N3O4+. The van der Waals surface area contributed by atoms with Crippen molar-refractivity contribution in [3.05, 3.63) is 16.3 Å². The summed E-state index contributed by atoms with van der Waals surface area (Å²) in [5.41, 5.74) is -0.117. The predicted molar refractivity (Wildman–Crippen MR) is 114 cm³/mol. The van der Waals surface area contributed by atoms with Crippen molar-refractivity contribution in [3.63, 3.8) is 0 Å². The Kier molecular flexibility index (Phi) is 15.1. The van der Waals surface area contributed by atoms with Gasteiger partial charge in [-0.1, -0.05) is 113 Å². The van der Waals surface area contributed by atoms with E-state index in [0.29, 0.717) is 6.54 Å². The molecule has 0 spiro atoms. The van der Waals surface area contributed by atoms with E-state index in [-0.39, 0.29) is 16.0 Å². The van der Waals surface area contributed by atoms with Gasteiger partial charge in [-0.05, 0) is 11.3 Å². The van der Waals surface area contributed by atoms with Crippen molar-refractivity contribution in [1.82, 2.24) is 10.5 Å². The number of nitrogens with one attached hydrogen (secondary N) is 2. The third-order valence-corrected chi connectivity index (χ3v) is 5.41. The summed E-state index contributed by atoms with van der Waals surface area (Å²) in [6.07, 6.45) is 20.9. The number of aromatic amines is 1. The molecule has 1 aromatic heterocycles. The quantitative estimate of drug-likeness (QED) is 0.278. The Hall–Kier alpha value is -1.63. The second-order valence-electron chi connectivity index (χ2n) is 7.99. The largest absolute Gasteiger partial charge is 0.388 e. The van der Waals surface area contributed by atoms with Crippen LogP contribution >= 0.6 is 0 Å². The summed E-state index contributed by atoms with van der Waals surface area (Å²) >= 11 is 0. The van der Waals surface area contributed by atoms with Gasteiger partial charge in [0.15, 0.2) is 4.60 Å². The lowest BCUT2D eigenvalue weighted by Gasteiger charge is -2.04. The van der Waals surface area contributed by atoms with Gasteiger partial charge in [0.05, 0.1) is 0 Å². The van der Waals surface area contributed by atoms with Gasteiger partial charge in [-0.25, -0.2) is 0 Å². The van der Waals surface area contributed by atoms with Crippen LogP contribution < -0.4 is 9.92 Å². The summed E-state index contributed by atoms with van der Waals surface area (Å²) < 4.78 is 4.55. The molecule has 0 aliphatic carbocycles. The molecule has 0 atom stereocenters. The van der Waals surface area contributed by atoms with E-state index in [2.05, 4.69) is 22.0 Å². The summed E-state index contributed by atoms with van der Waals surface area (Å²) in [7, 11) is 0. The van der Waals surface area contributed by atoms with Crippen LogP contribution in [0.25, 0.3) is 0 Å². The first-order valence-electron chi connectivity index (χ1n) is 11.7. The maximum absolute atomic E-state index is 11.9. The van der Waals surface area contributed by atoms with Crippen molar-refractivity contribution in [3.8, 4) is 0 Å². The molecule has 7 nitrogen and oxygen atoms in total. The number of carbonyl (C=O) groups excluding carboxylic acids is 1. The summed E-state index contributed by atoms with van der Waals surface area (Å²) in [5.74, 6) is -0.519. The Labute approximate surface area is 175 Å². The highest BCUT2D eigenvalue weighted by molar-refractivity contribution is 5.91. The number of nitrogens with zero attached hydrogens (tertiary/aromatic N) is 1. The van der Waals surface area contributed by atoms with Crippen LogP contribution in [0.2, 0.25) is 0 Å². The van der Waals surface area contributed by atoms with E-state index in [1.165, 1.54) is 89.9 Å². The van der Waals surface area contributed by atoms with Crippen LogP contribution in [-0.4, -0.2) is 22.7 Å². The molecule has 0 bridgehead atoms. The Morgan fingerprint density at radius 1 is 0.862 bits per heavy atom. The van der Waals surface area contributed by atoms with Crippen molar-refractivity contribution in [2.24, 2.45) is 0 Å². The zero-order valence-corrected chi connectivity index (χ0v) is 18.3. The zero-order chi connectivity index (χ0) is 21.2. The van der Waals surface area contributed by atoms with Gasteiger partial charge in [0.1, 0.15) is 6.61 Å². The molecule has 7 heteroatoms. The normalized spacial score (nSPS) is 11.1. The number of aliphatic hydroxyl groups is 1. The van der Waals surface area contributed by atoms with E-state index >= 15 is 0 Å². The predicted octanol–water partition coefficient (Wildman–Crippen LogP) is 5.01. The molecule has 0 aromatic carbocycles. The highest BCUT2D eigenvalue weighted by Gasteiger charge is 2.26. The first-order valence-corrected chi connectivity index (χ1v) is 11.7. The van der Waals surface area contributed by atoms with Gasteiger partial charge in [-0.15, -0.1) is 0 Å². The lowest BCUT2D eigenvalue weighted by Crippen LogP contribution is -2.32. The van der Waals surface area contributed by atoms with Crippen LogP contribution in [0.5, 0.6) is 0 Å². The lowest BCUT2D eigenvalue weighted by atomic mass is 10.0. The molecule has 3 N–H and O–H groups in total. The van der Waals surface area contributed by atoms with E-state index in [1.54, 1.807) is 0 Å².